The molecule has 0 fully saturated rings. The fraction of sp³-hybridized carbons (Fsp3) is 0.0476. The number of nitrogens with two attached hydrogens (primary N) is 1. The summed E-state index contributed by atoms with van der Waals surface area (Å²) in [5, 5.41) is 0. The number of carbonyl (C=O) groups is 1. The molecule has 0 bridgehead atoms. The van der Waals surface area contributed by atoms with Crippen LogP contribution in [-0.2, 0) is 6.61 Å². The fourth-order valence-electron chi connectivity index (χ4n) is 2.33. The number of ether oxygens (including phenoxy) is 1. The van der Waals surface area contributed by atoms with E-state index in [1.165, 1.54) is 0 Å². The van der Waals surface area contributed by atoms with Crippen LogP contribution in [0.5, 0.6) is 5.75 Å². The van der Waals surface area contributed by atoms with Crippen molar-refractivity contribution < 1.29 is 9.53 Å². The van der Waals surface area contributed by atoms with Crippen LogP contribution in [0.3, 0.4) is 0 Å². The third-order valence-electron chi connectivity index (χ3n) is 3.65. The molecule has 0 heterocycles. The smallest absolute Gasteiger partial charge is 0.250 e. The predicted molar refractivity (Wildman–Crippen MR) is 99.4 cm³/mol. The zero-order chi connectivity index (χ0) is 17.5. The van der Waals surface area contributed by atoms with E-state index < -0.39 is 5.91 Å². The first-order chi connectivity index (χ1) is 12.2. The summed E-state index contributed by atoms with van der Waals surface area (Å²) in [6, 6.07) is 24.6. The zero-order valence-electron chi connectivity index (χ0n) is 13.6. The minimum absolute atomic E-state index is 0.404. The fourth-order valence-corrected chi connectivity index (χ4v) is 2.33. The van der Waals surface area contributed by atoms with E-state index in [0.29, 0.717) is 17.9 Å². The molecule has 0 aliphatic rings. The Morgan fingerprint density at radius 2 is 1.60 bits per heavy atom. The molecule has 0 saturated carbocycles. The van der Waals surface area contributed by atoms with Gasteiger partial charge in [-0.05, 0) is 47.5 Å². The summed E-state index contributed by atoms with van der Waals surface area (Å²) in [6.45, 7) is 0.528. The molecule has 3 aromatic rings. The van der Waals surface area contributed by atoms with Gasteiger partial charge >= 0.3 is 0 Å². The first-order valence-electron chi connectivity index (χ1n) is 7.92. The minimum Gasteiger partial charge on any atom is -0.489 e. The molecule has 0 spiro atoms. The monoisotopic (exact) mass is 330 g/mol. The normalized spacial score (nSPS) is 10.7. The van der Waals surface area contributed by atoms with Crippen LogP contribution in [0, 0.1) is 0 Å². The first-order valence-corrected chi connectivity index (χ1v) is 7.92. The number of nitrogens with zero attached hydrogens (tertiary/aromatic N) is 1. The molecule has 124 valence electrons. The van der Waals surface area contributed by atoms with Crippen molar-refractivity contribution in [3.63, 3.8) is 0 Å². The zero-order valence-corrected chi connectivity index (χ0v) is 13.6. The highest BCUT2D eigenvalue weighted by molar-refractivity contribution is 5.98. The van der Waals surface area contributed by atoms with Crippen LogP contribution in [-0.4, -0.2) is 12.1 Å². The Hall–Kier alpha value is -3.40. The molecule has 0 radical (unpaired) electrons. The second-order valence-corrected chi connectivity index (χ2v) is 5.48. The maximum Gasteiger partial charge on any atom is 0.250 e. The first kappa shape index (κ1) is 16.5. The number of primary amides is 1. The van der Waals surface area contributed by atoms with Gasteiger partial charge < -0.3 is 10.5 Å². The molecule has 2 N–H and O–H groups in total. The van der Waals surface area contributed by atoms with Crippen molar-refractivity contribution in [2.75, 3.05) is 0 Å². The Balaban J connectivity index is 1.66. The average Bonchev–Trinajstić information content (AvgIpc) is 2.66. The largest absolute Gasteiger partial charge is 0.489 e. The van der Waals surface area contributed by atoms with Gasteiger partial charge in [-0.2, -0.15) is 0 Å². The molecule has 0 aliphatic carbocycles. The lowest BCUT2D eigenvalue weighted by Crippen LogP contribution is -2.10. The molecule has 4 heteroatoms. The van der Waals surface area contributed by atoms with Gasteiger partial charge in [0, 0.05) is 6.21 Å². The molecule has 4 nitrogen and oxygen atoms in total. The highest BCUT2D eigenvalue weighted by Gasteiger charge is 2.05. The van der Waals surface area contributed by atoms with Crippen LogP contribution < -0.4 is 10.5 Å². The molecular weight excluding hydrogens is 312 g/mol. The van der Waals surface area contributed by atoms with E-state index in [1.54, 1.807) is 24.4 Å². The molecular formula is C21H18N2O2. The molecule has 0 saturated heterocycles. The third kappa shape index (κ3) is 4.54. The van der Waals surface area contributed by atoms with E-state index in [-0.39, 0.29) is 0 Å². The van der Waals surface area contributed by atoms with Crippen LogP contribution >= 0.6 is 0 Å². The molecule has 0 aromatic heterocycles. The van der Waals surface area contributed by atoms with E-state index in [1.807, 2.05) is 60.7 Å². The van der Waals surface area contributed by atoms with Gasteiger partial charge in [0.05, 0.1) is 11.3 Å². The lowest BCUT2D eigenvalue weighted by atomic mass is 10.1. The van der Waals surface area contributed by atoms with Crippen LogP contribution in [0.2, 0.25) is 0 Å². The molecule has 0 atom stereocenters. The molecule has 0 unspecified atom stereocenters. The Labute approximate surface area is 146 Å². The van der Waals surface area contributed by atoms with Gasteiger partial charge in [0.15, 0.2) is 0 Å². The quantitative estimate of drug-likeness (QED) is 0.691. The number of hydrogen-bond acceptors (Lipinski definition) is 3. The Morgan fingerprint density at radius 1 is 0.920 bits per heavy atom. The minimum atomic E-state index is -0.489. The van der Waals surface area contributed by atoms with Crippen molar-refractivity contribution in [3.8, 4) is 5.75 Å². The maximum atomic E-state index is 11.4. The number of para-hydroxylation sites is 1. The lowest BCUT2D eigenvalue weighted by Gasteiger charge is -2.06. The number of carbonyl (C=O) groups excluding carboxylic acids is 1. The lowest BCUT2D eigenvalue weighted by molar-refractivity contribution is 0.100. The van der Waals surface area contributed by atoms with E-state index >= 15 is 0 Å². The van der Waals surface area contributed by atoms with Crippen molar-refractivity contribution in [3.05, 3.63) is 95.6 Å². The van der Waals surface area contributed by atoms with Gasteiger partial charge in [0.25, 0.3) is 5.91 Å². The number of amides is 1. The van der Waals surface area contributed by atoms with Gasteiger partial charge in [-0.1, -0.05) is 42.5 Å². The number of aliphatic imine (C=N–C) groups is 1. The Bertz CT molecular complexity index is 872. The topological polar surface area (TPSA) is 64.7 Å². The van der Waals surface area contributed by atoms with Crippen molar-refractivity contribution in [2.24, 2.45) is 10.7 Å². The highest BCUT2D eigenvalue weighted by Crippen LogP contribution is 2.19. The van der Waals surface area contributed by atoms with Gasteiger partial charge in [-0.25, -0.2) is 0 Å². The molecule has 3 aromatic carbocycles. The summed E-state index contributed by atoms with van der Waals surface area (Å²) in [5.41, 5.74) is 8.34. The maximum absolute atomic E-state index is 11.4. The van der Waals surface area contributed by atoms with E-state index in [0.717, 1.165) is 16.9 Å². The molecule has 3 rings (SSSR count). The standard InChI is InChI=1S/C21H18N2O2/c22-21(24)19-8-4-5-9-20(19)23-14-16-10-12-18(13-11-16)25-15-17-6-2-1-3-7-17/h1-14H,15H2,(H2,22,24)/b23-14+. The third-order valence-corrected chi connectivity index (χ3v) is 3.65. The number of hydrogen-bond donors (Lipinski definition) is 1. The van der Waals surface area contributed by atoms with Crippen molar-refractivity contribution in [1.29, 1.82) is 0 Å². The van der Waals surface area contributed by atoms with Crippen molar-refractivity contribution in [1.82, 2.24) is 0 Å². The summed E-state index contributed by atoms with van der Waals surface area (Å²) < 4.78 is 5.75. The average molecular weight is 330 g/mol. The SMILES string of the molecule is NC(=O)c1ccccc1/N=C/c1ccc(OCc2ccccc2)cc1. The van der Waals surface area contributed by atoms with Gasteiger partial charge in [-0.3, -0.25) is 9.79 Å². The molecule has 1 amide bonds. The summed E-state index contributed by atoms with van der Waals surface area (Å²) in [5.74, 6) is 0.302. The van der Waals surface area contributed by atoms with Crippen LogP contribution in [0.15, 0.2) is 83.9 Å². The van der Waals surface area contributed by atoms with Crippen LogP contribution in [0.1, 0.15) is 21.5 Å². The summed E-state index contributed by atoms with van der Waals surface area (Å²) >= 11 is 0. The Morgan fingerprint density at radius 3 is 2.32 bits per heavy atom. The predicted octanol–water partition coefficient (Wildman–Crippen LogP) is 4.12. The Kier molecular flexibility index (Phi) is 5.22. The van der Waals surface area contributed by atoms with Crippen LogP contribution in [0.25, 0.3) is 0 Å². The number of rotatable bonds is 6. The molecule has 0 aliphatic heterocycles. The van der Waals surface area contributed by atoms with Crippen LogP contribution in [0.4, 0.5) is 5.69 Å². The van der Waals surface area contributed by atoms with E-state index in [2.05, 4.69) is 4.99 Å². The highest BCUT2D eigenvalue weighted by atomic mass is 16.5. The summed E-state index contributed by atoms with van der Waals surface area (Å²) in [6.07, 6.45) is 1.70. The van der Waals surface area contributed by atoms with Crippen molar-refractivity contribution >= 4 is 17.8 Å². The van der Waals surface area contributed by atoms with Gasteiger partial charge in [0.2, 0.25) is 0 Å². The summed E-state index contributed by atoms with van der Waals surface area (Å²) in [4.78, 5) is 15.8. The van der Waals surface area contributed by atoms with Gasteiger partial charge in [-0.15, -0.1) is 0 Å². The van der Waals surface area contributed by atoms with Crippen molar-refractivity contribution in [2.45, 2.75) is 6.61 Å². The van der Waals surface area contributed by atoms with E-state index in [4.69, 9.17) is 10.5 Å². The second kappa shape index (κ2) is 7.93. The second-order valence-electron chi connectivity index (χ2n) is 5.48. The molecule has 25 heavy (non-hydrogen) atoms. The summed E-state index contributed by atoms with van der Waals surface area (Å²) in [7, 11) is 0. The number of benzene rings is 3. The van der Waals surface area contributed by atoms with Gasteiger partial charge in [0.1, 0.15) is 12.4 Å². The van der Waals surface area contributed by atoms with E-state index in [9.17, 15) is 4.79 Å².